The zero-order valence-electron chi connectivity index (χ0n) is 16.5. The summed E-state index contributed by atoms with van der Waals surface area (Å²) in [5, 5.41) is 10.7. The summed E-state index contributed by atoms with van der Waals surface area (Å²) in [4.78, 5) is 14.7. The molecule has 3 rings (SSSR count). The topological polar surface area (TPSA) is 91.4 Å². The molecule has 2 aromatic rings. The normalized spacial score (nSPS) is 14.6. The highest BCUT2D eigenvalue weighted by Crippen LogP contribution is 2.17. The third-order valence-electron chi connectivity index (χ3n) is 5.01. The number of ether oxygens (including phenoxy) is 1. The quantitative estimate of drug-likeness (QED) is 0.350. The molecule has 7 heteroatoms. The fraction of sp³-hybridized carbons (Fsp3) is 0.364. The second-order valence-corrected chi connectivity index (χ2v) is 7.07. The highest BCUT2D eigenvalue weighted by Gasteiger charge is 2.20. The van der Waals surface area contributed by atoms with Gasteiger partial charge in [0, 0.05) is 31.2 Å². The fourth-order valence-corrected chi connectivity index (χ4v) is 3.44. The molecule has 0 aliphatic carbocycles. The van der Waals surface area contributed by atoms with Gasteiger partial charge in [-0.25, -0.2) is 0 Å². The summed E-state index contributed by atoms with van der Waals surface area (Å²) in [6, 6.07) is 17.0. The first-order valence-electron chi connectivity index (χ1n) is 9.78. The van der Waals surface area contributed by atoms with Gasteiger partial charge in [-0.05, 0) is 43.5 Å². The second kappa shape index (κ2) is 11.4. The fourth-order valence-electron chi connectivity index (χ4n) is 3.44. The van der Waals surface area contributed by atoms with Crippen LogP contribution in [0.5, 0.6) is 5.75 Å². The number of para-hydroxylation sites is 1. The number of halogens is 1. The van der Waals surface area contributed by atoms with Gasteiger partial charge < -0.3 is 20.7 Å². The highest BCUT2D eigenvalue weighted by atomic mass is 35.5. The van der Waals surface area contributed by atoms with Gasteiger partial charge >= 0.3 is 0 Å². The van der Waals surface area contributed by atoms with Gasteiger partial charge in [0.25, 0.3) is 5.91 Å². The van der Waals surface area contributed by atoms with E-state index in [0.717, 1.165) is 38.9 Å². The van der Waals surface area contributed by atoms with Crippen molar-refractivity contribution in [1.29, 1.82) is 5.41 Å². The van der Waals surface area contributed by atoms with Crippen LogP contribution in [-0.2, 0) is 0 Å². The Bertz CT molecular complexity index is 792. The standard InChI is InChI=1S/C22H28N4O2.ClH/c23-21(24)19-9-4-5-10-20(19)28-16-6-13-26-14-11-18(12-15-26)25-22(27)17-7-2-1-3-8-17;/h1-5,7-10,18H,6,11-16H2,(H3,23,24)(H,25,27);1H. The van der Waals surface area contributed by atoms with Gasteiger partial charge in [0.2, 0.25) is 0 Å². The number of carbonyl (C=O) groups is 1. The molecule has 1 fully saturated rings. The van der Waals surface area contributed by atoms with Crippen molar-refractivity contribution in [2.75, 3.05) is 26.2 Å². The van der Waals surface area contributed by atoms with Crippen LogP contribution in [-0.4, -0.2) is 48.9 Å². The van der Waals surface area contributed by atoms with E-state index in [1.807, 2.05) is 48.5 Å². The van der Waals surface area contributed by atoms with Crippen molar-refractivity contribution in [2.45, 2.75) is 25.3 Å². The van der Waals surface area contributed by atoms with Gasteiger partial charge in [0.15, 0.2) is 0 Å². The highest BCUT2D eigenvalue weighted by molar-refractivity contribution is 5.97. The van der Waals surface area contributed by atoms with Crippen molar-refractivity contribution in [2.24, 2.45) is 5.73 Å². The summed E-state index contributed by atoms with van der Waals surface area (Å²) in [6.07, 6.45) is 2.84. The molecule has 0 aromatic heterocycles. The van der Waals surface area contributed by atoms with Gasteiger partial charge in [-0.15, -0.1) is 12.4 Å². The Balaban J connectivity index is 0.00000300. The van der Waals surface area contributed by atoms with E-state index in [9.17, 15) is 4.79 Å². The summed E-state index contributed by atoms with van der Waals surface area (Å²) in [7, 11) is 0. The molecule has 1 amide bonds. The number of amidine groups is 1. The minimum atomic E-state index is 0. The summed E-state index contributed by atoms with van der Waals surface area (Å²) in [5.74, 6) is 0.698. The third kappa shape index (κ3) is 6.76. The Morgan fingerprint density at radius 3 is 2.45 bits per heavy atom. The van der Waals surface area contributed by atoms with Crippen molar-refractivity contribution in [3.63, 3.8) is 0 Å². The van der Waals surface area contributed by atoms with E-state index in [0.29, 0.717) is 23.5 Å². The van der Waals surface area contributed by atoms with Gasteiger partial charge in [-0.2, -0.15) is 0 Å². The van der Waals surface area contributed by atoms with Crippen LogP contribution in [0.1, 0.15) is 35.2 Å². The van der Waals surface area contributed by atoms with E-state index in [1.165, 1.54) is 0 Å². The number of rotatable bonds is 8. The number of likely N-dealkylation sites (tertiary alicyclic amines) is 1. The minimum absolute atomic E-state index is 0. The van der Waals surface area contributed by atoms with E-state index < -0.39 is 0 Å². The molecule has 4 N–H and O–H groups in total. The first-order chi connectivity index (χ1) is 13.6. The smallest absolute Gasteiger partial charge is 0.251 e. The summed E-state index contributed by atoms with van der Waals surface area (Å²) in [5.41, 5.74) is 6.94. The van der Waals surface area contributed by atoms with E-state index in [2.05, 4.69) is 10.2 Å². The van der Waals surface area contributed by atoms with Crippen molar-refractivity contribution in [3.8, 4) is 5.75 Å². The van der Waals surface area contributed by atoms with Crippen LogP contribution >= 0.6 is 12.4 Å². The van der Waals surface area contributed by atoms with Gasteiger partial charge in [0.05, 0.1) is 12.2 Å². The Kier molecular flexibility index (Phi) is 8.96. The molecule has 0 spiro atoms. The Labute approximate surface area is 178 Å². The summed E-state index contributed by atoms with van der Waals surface area (Å²) >= 11 is 0. The number of hydrogen-bond donors (Lipinski definition) is 3. The number of hydrogen-bond acceptors (Lipinski definition) is 4. The van der Waals surface area contributed by atoms with Gasteiger partial charge in [-0.3, -0.25) is 10.2 Å². The van der Waals surface area contributed by atoms with Crippen LogP contribution in [0, 0.1) is 5.41 Å². The molecule has 0 saturated carbocycles. The number of nitrogens with one attached hydrogen (secondary N) is 2. The molecule has 0 atom stereocenters. The average molecular weight is 417 g/mol. The zero-order chi connectivity index (χ0) is 19.8. The molecule has 1 aliphatic heterocycles. The summed E-state index contributed by atoms with van der Waals surface area (Å²) < 4.78 is 5.81. The Hall–Kier alpha value is -2.57. The Morgan fingerprint density at radius 2 is 1.76 bits per heavy atom. The molecule has 2 aromatic carbocycles. The van der Waals surface area contributed by atoms with Crippen molar-refractivity contribution in [3.05, 3.63) is 65.7 Å². The van der Waals surface area contributed by atoms with E-state index in [1.54, 1.807) is 6.07 Å². The molecular formula is C22H29ClN4O2. The van der Waals surface area contributed by atoms with Crippen LogP contribution < -0.4 is 15.8 Å². The lowest BCUT2D eigenvalue weighted by Gasteiger charge is -2.32. The lowest BCUT2D eigenvalue weighted by atomic mass is 10.0. The SMILES string of the molecule is Cl.N=C(N)c1ccccc1OCCCN1CCC(NC(=O)c2ccccc2)CC1. The predicted octanol–water partition coefficient (Wildman–Crippen LogP) is 3.06. The Morgan fingerprint density at radius 1 is 1.10 bits per heavy atom. The first kappa shape index (κ1) is 22.7. The maximum absolute atomic E-state index is 12.3. The number of piperidine rings is 1. The molecule has 1 saturated heterocycles. The summed E-state index contributed by atoms with van der Waals surface area (Å²) in [6.45, 7) is 3.50. The number of nitrogen functional groups attached to an aromatic ring is 1. The maximum atomic E-state index is 12.3. The molecule has 0 bridgehead atoms. The largest absolute Gasteiger partial charge is 0.493 e. The average Bonchev–Trinajstić information content (AvgIpc) is 2.73. The molecule has 1 heterocycles. The number of carbonyl (C=O) groups excluding carboxylic acids is 1. The third-order valence-corrected chi connectivity index (χ3v) is 5.01. The lowest BCUT2D eigenvalue weighted by Crippen LogP contribution is -2.45. The zero-order valence-corrected chi connectivity index (χ0v) is 17.3. The molecule has 6 nitrogen and oxygen atoms in total. The molecule has 0 radical (unpaired) electrons. The van der Waals surface area contributed by atoms with E-state index in [-0.39, 0.29) is 30.2 Å². The van der Waals surface area contributed by atoms with Gasteiger partial charge in [0.1, 0.15) is 11.6 Å². The lowest BCUT2D eigenvalue weighted by molar-refractivity contribution is 0.0909. The van der Waals surface area contributed by atoms with Crippen LogP contribution in [0.4, 0.5) is 0 Å². The molecule has 0 unspecified atom stereocenters. The van der Waals surface area contributed by atoms with Crippen LogP contribution in [0.15, 0.2) is 54.6 Å². The van der Waals surface area contributed by atoms with E-state index in [4.69, 9.17) is 15.9 Å². The molecule has 156 valence electrons. The molecule has 29 heavy (non-hydrogen) atoms. The number of amides is 1. The maximum Gasteiger partial charge on any atom is 0.251 e. The van der Waals surface area contributed by atoms with Crippen LogP contribution in [0.3, 0.4) is 0 Å². The first-order valence-corrected chi connectivity index (χ1v) is 9.78. The molecule has 1 aliphatic rings. The minimum Gasteiger partial charge on any atom is -0.493 e. The number of nitrogens with zero attached hydrogens (tertiary/aromatic N) is 1. The van der Waals surface area contributed by atoms with E-state index >= 15 is 0 Å². The van der Waals surface area contributed by atoms with Crippen molar-refractivity contribution < 1.29 is 9.53 Å². The van der Waals surface area contributed by atoms with Gasteiger partial charge in [-0.1, -0.05) is 30.3 Å². The second-order valence-electron chi connectivity index (χ2n) is 7.07. The van der Waals surface area contributed by atoms with Crippen LogP contribution in [0.25, 0.3) is 0 Å². The number of benzene rings is 2. The number of nitrogens with two attached hydrogens (primary N) is 1. The predicted molar refractivity (Wildman–Crippen MR) is 118 cm³/mol. The van der Waals surface area contributed by atoms with Crippen molar-refractivity contribution >= 4 is 24.1 Å². The monoisotopic (exact) mass is 416 g/mol. The molecular weight excluding hydrogens is 388 g/mol. The van der Waals surface area contributed by atoms with Crippen LogP contribution in [0.2, 0.25) is 0 Å². The van der Waals surface area contributed by atoms with Crippen molar-refractivity contribution in [1.82, 2.24) is 10.2 Å².